The number of rotatable bonds is 6. The van der Waals surface area contributed by atoms with E-state index in [2.05, 4.69) is 20.3 Å². The van der Waals surface area contributed by atoms with Gasteiger partial charge in [-0.1, -0.05) is 30.3 Å². The Morgan fingerprint density at radius 3 is 2.58 bits per heavy atom. The van der Waals surface area contributed by atoms with Gasteiger partial charge in [-0.25, -0.2) is 15.0 Å². The number of amides is 1. The van der Waals surface area contributed by atoms with Gasteiger partial charge in [0.25, 0.3) is 5.91 Å². The van der Waals surface area contributed by atoms with Gasteiger partial charge < -0.3 is 4.74 Å². The summed E-state index contributed by atoms with van der Waals surface area (Å²) in [6.45, 7) is 1.62. The number of benzene rings is 1. The zero-order chi connectivity index (χ0) is 18.4. The van der Waals surface area contributed by atoms with Crippen LogP contribution >= 0.6 is 11.3 Å². The number of thiazole rings is 1. The van der Waals surface area contributed by atoms with Crippen molar-refractivity contribution in [3.05, 3.63) is 59.4 Å². The number of nitrogens with zero attached hydrogens (tertiary/aromatic N) is 3. The summed E-state index contributed by atoms with van der Waals surface area (Å²) in [6, 6.07) is 9.53. The molecule has 0 radical (unpaired) electrons. The Bertz CT molecular complexity index is 894. The Kier molecular flexibility index (Phi) is 5.65. The van der Waals surface area contributed by atoms with Gasteiger partial charge in [0.2, 0.25) is 0 Å². The maximum atomic E-state index is 12.3. The van der Waals surface area contributed by atoms with Gasteiger partial charge in [-0.2, -0.15) is 0 Å². The lowest BCUT2D eigenvalue weighted by Gasteiger charge is -2.03. The minimum absolute atomic E-state index is 0.265. The van der Waals surface area contributed by atoms with Crippen molar-refractivity contribution in [1.82, 2.24) is 15.0 Å². The molecule has 0 spiro atoms. The average Bonchev–Trinajstić information content (AvgIpc) is 3.09. The molecule has 0 saturated heterocycles. The van der Waals surface area contributed by atoms with Crippen LogP contribution in [-0.2, 0) is 16.0 Å². The highest BCUT2D eigenvalue weighted by atomic mass is 32.1. The van der Waals surface area contributed by atoms with Crippen molar-refractivity contribution in [2.24, 2.45) is 0 Å². The lowest BCUT2D eigenvalue weighted by Crippen LogP contribution is -2.13. The van der Waals surface area contributed by atoms with Gasteiger partial charge in [0.1, 0.15) is 0 Å². The third-order valence-electron chi connectivity index (χ3n) is 3.38. The number of aromatic nitrogens is 3. The second-order valence-electron chi connectivity index (χ2n) is 5.35. The van der Waals surface area contributed by atoms with Crippen LogP contribution in [0, 0.1) is 0 Å². The van der Waals surface area contributed by atoms with Gasteiger partial charge >= 0.3 is 5.97 Å². The first-order chi connectivity index (χ1) is 12.6. The van der Waals surface area contributed by atoms with Crippen molar-refractivity contribution in [1.29, 1.82) is 0 Å². The maximum absolute atomic E-state index is 12.3. The number of carbonyl (C=O) groups excluding carboxylic acids is 2. The van der Waals surface area contributed by atoms with E-state index < -0.39 is 0 Å². The molecule has 0 unspecified atom stereocenters. The molecule has 8 heteroatoms. The first-order valence-corrected chi connectivity index (χ1v) is 8.76. The number of hydrogen-bond acceptors (Lipinski definition) is 7. The van der Waals surface area contributed by atoms with Gasteiger partial charge in [0.15, 0.2) is 11.0 Å². The second kappa shape index (κ2) is 8.30. The van der Waals surface area contributed by atoms with Crippen LogP contribution in [0.15, 0.2) is 48.1 Å². The van der Waals surface area contributed by atoms with Crippen molar-refractivity contribution >= 4 is 28.3 Å². The van der Waals surface area contributed by atoms with E-state index in [0.717, 1.165) is 11.3 Å². The molecule has 3 aromatic rings. The summed E-state index contributed by atoms with van der Waals surface area (Å²) in [4.78, 5) is 35.8. The van der Waals surface area contributed by atoms with E-state index in [0.29, 0.717) is 22.9 Å². The van der Waals surface area contributed by atoms with Crippen LogP contribution in [0.3, 0.4) is 0 Å². The Labute approximate surface area is 154 Å². The van der Waals surface area contributed by atoms with Crippen molar-refractivity contribution in [2.75, 3.05) is 11.9 Å². The molecule has 26 heavy (non-hydrogen) atoms. The molecule has 0 aliphatic carbocycles. The molecule has 1 amide bonds. The summed E-state index contributed by atoms with van der Waals surface area (Å²) in [7, 11) is 0. The van der Waals surface area contributed by atoms with Crippen molar-refractivity contribution in [3.8, 4) is 11.4 Å². The fourth-order valence-electron chi connectivity index (χ4n) is 2.13. The smallest absolute Gasteiger partial charge is 0.302 e. The normalized spacial score (nSPS) is 10.3. The molecule has 0 bridgehead atoms. The largest absolute Gasteiger partial charge is 0.465 e. The van der Waals surface area contributed by atoms with Crippen LogP contribution in [0.25, 0.3) is 11.4 Å². The number of nitrogens with one attached hydrogen (secondary N) is 1. The summed E-state index contributed by atoms with van der Waals surface area (Å²) in [6.07, 6.45) is 3.47. The lowest BCUT2D eigenvalue weighted by molar-refractivity contribution is -0.140. The van der Waals surface area contributed by atoms with Gasteiger partial charge in [0, 0.05) is 36.7 Å². The molecule has 0 atom stereocenters. The second-order valence-corrected chi connectivity index (χ2v) is 6.21. The van der Waals surface area contributed by atoms with Crippen LogP contribution in [0.4, 0.5) is 5.13 Å². The summed E-state index contributed by atoms with van der Waals surface area (Å²) < 4.78 is 4.87. The van der Waals surface area contributed by atoms with E-state index >= 15 is 0 Å². The number of ether oxygens (including phenoxy) is 1. The maximum Gasteiger partial charge on any atom is 0.302 e. The van der Waals surface area contributed by atoms with E-state index in [1.54, 1.807) is 0 Å². The van der Waals surface area contributed by atoms with Crippen LogP contribution in [0.5, 0.6) is 0 Å². The molecule has 7 nitrogen and oxygen atoms in total. The standard InChI is InChI=1S/C18H16N4O3S/c1-12(23)25-8-7-15-11-26-18(21-15)22-17(24)14-9-19-16(20-10-14)13-5-3-2-4-6-13/h2-6,9-11H,7-8H2,1H3,(H,21,22,24). The Hall–Kier alpha value is -3.13. The number of carbonyl (C=O) groups is 2. The summed E-state index contributed by atoms with van der Waals surface area (Å²) in [5, 5.41) is 5.00. The molecule has 0 aliphatic rings. The number of anilines is 1. The molecule has 0 saturated carbocycles. The van der Waals surface area contributed by atoms with E-state index in [1.807, 2.05) is 35.7 Å². The molecule has 2 aromatic heterocycles. The fraction of sp³-hybridized carbons (Fsp3) is 0.167. The van der Waals surface area contributed by atoms with Gasteiger partial charge in [0.05, 0.1) is 17.9 Å². The summed E-state index contributed by atoms with van der Waals surface area (Å²) in [5.74, 6) is -0.0950. The van der Waals surface area contributed by atoms with Gasteiger partial charge in [-0.3, -0.25) is 14.9 Å². The summed E-state index contributed by atoms with van der Waals surface area (Å²) >= 11 is 1.31. The Morgan fingerprint density at radius 1 is 1.15 bits per heavy atom. The molecule has 3 rings (SSSR count). The average molecular weight is 368 g/mol. The van der Waals surface area contributed by atoms with Gasteiger partial charge in [-0.05, 0) is 0 Å². The molecule has 0 fully saturated rings. The molecular weight excluding hydrogens is 352 g/mol. The molecular formula is C18H16N4O3S. The zero-order valence-corrected chi connectivity index (χ0v) is 14.8. The van der Waals surface area contributed by atoms with E-state index in [1.165, 1.54) is 30.7 Å². The predicted molar refractivity (Wildman–Crippen MR) is 97.9 cm³/mol. The minimum Gasteiger partial charge on any atom is -0.465 e. The van der Waals surface area contributed by atoms with E-state index in [4.69, 9.17) is 4.74 Å². The SMILES string of the molecule is CC(=O)OCCc1csc(NC(=O)c2cnc(-c3ccccc3)nc2)n1. The minimum atomic E-state index is -0.328. The highest BCUT2D eigenvalue weighted by Gasteiger charge is 2.11. The van der Waals surface area contributed by atoms with E-state index in [-0.39, 0.29) is 18.5 Å². The topological polar surface area (TPSA) is 94.1 Å². The van der Waals surface area contributed by atoms with Crippen molar-refractivity contribution in [2.45, 2.75) is 13.3 Å². The zero-order valence-electron chi connectivity index (χ0n) is 14.0. The third-order valence-corrected chi connectivity index (χ3v) is 4.19. The van der Waals surface area contributed by atoms with Crippen molar-refractivity contribution in [3.63, 3.8) is 0 Å². The fourth-order valence-corrected chi connectivity index (χ4v) is 2.87. The van der Waals surface area contributed by atoms with Crippen LogP contribution in [0.2, 0.25) is 0 Å². The van der Waals surface area contributed by atoms with Crippen LogP contribution in [-0.4, -0.2) is 33.4 Å². The Balaban J connectivity index is 1.60. The lowest BCUT2D eigenvalue weighted by atomic mass is 10.2. The molecule has 0 aliphatic heterocycles. The molecule has 1 aromatic carbocycles. The molecule has 1 N–H and O–H groups in total. The third kappa shape index (κ3) is 4.70. The predicted octanol–water partition coefficient (Wildman–Crippen LogP) is 2.96. The number of hydrogen-bond donors (Lipinski definition) is 1. The van der Waals surface area contributed by atoms with E-state index in [9.17, 15) is 9.59 Å². The Morgan fingerprint density at radius 2 is 1.88 bits per heavy atom. The first kappa shape index (κ1) is 17.7. The first-order valence-electron chi connectivity index (χ1n) is 7.88. The summed E-state index contributed by atoms with van der Waals surface area (Å²) in [5.41, 5.74) is 1.99. The van der Waals surface area contributed by atoms with Crippen molar-refractivity contribution < 1.29 is 14.3 Å². The quantitative estimate of drug-likeness (QED) is 0.672. The number of esters is 1. The van der Waals surface area contributed by atoms with Crippen LogP contribution < -0.4 is 5.32 Å². The van der Waals surface area contributed by atoms with Crippen LogP contribution in [0.1, 0.15) is 23.0 Å². The molecule has 2 heterocycles. The van der Waals surface area contributed by atoms with Gasteiger partial charge in [-0.15, -0.1) is 11.3 Å². The monoisotopic (exact) mass is 368 g/mol. The highest BCUT2D eigenvalue weighted by molar-refractivity contribution is 7.13. The highest BCUT2D eigenvalue weighted by Crippen LogP contribution is 2.18. The molecule has 132 valence electrons.